The van der Waals surface area contributed by atoms with Gasteiger partial charge in [0, 0.05) is 0 Å². The van der Waals surface area contributed by atoms with Crippen LogP contribution in [0.1, 0.15) is 0 Å². The van der Waals surface area contributed by atoms with Crippen molar-refractivity contribution in [2.75, 3.05) is 0 Å². The third-order valence-electron chi connectivity index (χ3n) is 2.98. The highest BCUT2D eigenvalue weighted by atomic mass is 32.2. The van der Waals surface area contributed by atoms with Crippen LogP contribution in [0.5, 0.6) is 17.2 Å². The third kappa shape index (κ3) is 3.90. The first-order valence-corrected chi connectivity index (χ1v) is 8.28. The highest BCUT2D eigenvalue weighted by molar-refractivity contribution is 7.87. The van der Waals surface area contributed by atoms with Crippen molar-refractivity contribution in [3.8, 4) is 17.2 Å². The molecule has 0 aromatic heterocycles. The van der Waals surface area contributed by atoms with E-state index >= 15 is 0 Å². The second-order valence-electron chi connectivity index (χ2n) is 4.66. The van der Waals surface area contributed by atoms with Gasteiger partial charge in [0.2, 0.25) is 0 Å². The van der Waals surface area contributed by atoms with Gasteiger partial charge < -0.3 is 8.92 Å². The van der Waals surface area contributed by atoms with Gasteiger partial charge >= 0.3 is 10.1 Å². The molecule has 4 nitrogen and oxygen atoms in total. The lowest BCUT2D eigenvalue weighted by Gasteiger charge is -2.08. The molecule has 0 saturated heterocycles. The first kappa shape index (κ1) is 15.1. The Morgan fingerprint density at radius 2 is 1.26 bits per heavy atom. The molecule has 0 heterocycles. The van der Waals surface area contributed by atoms with Crippen LogP contribution in [0.4, 0.5) is 0 Å². The van der Waals surface area contributed by atoms with Crippen LogP contribution in [0.3, 0.4) is 0 Å². The summed E-state index contributed by atoms with van der Waals surface area (Å²) in [6.45, 7) is 0. The zero-order valence-corrected chi connectivity index (χ0v) is 12.9. The minimum Gasteiger partial charge on any atom is -0.457 e. The van der Waals surface area contributed by atoms with E-state index in [-0.39, 0.29) is 10.6 Å². The predicted octanol–water partition coefficient (Wildman–Crippen LogP) is 4.05. The first-order chi connectivity index (χ1) is 11.1. The van der Waals surface area contributed by atoms with Crippen LogP contribution in [0.15, 0.2) is 83.8 Å². The predicted molar refractivity (Wildman–Crippen MR) is 86.0 cm³/mol. The Morgan fingerprint density at radius 3 is 1.91 bits per heavy atom. The Labute approximate surface area is 135 Å². The zero-order chi connectivity index (χ0) is 16.1. The molecule has 0 amide bonds. The summed E-state index contributed by atoms with van der Waals surface area (Å²) in [5, 5.41) is 0. The second kappa shape index (κ2) is 6.54. The van der Waals surface area contributed by atoms with Gasteiger partial charge in [-0.25, -0.2) is 0 Å². The second-order valence-corrected chi connectivity index (χ2v) is 6.21. The van der Waals surface area contributed by atoms with E-state index in [1.807, 2.05) is 0 Å². The van der Waals surface area contributed by atoms with Gasteiger partial charge in [-0.1, -0.05) is 30.3 Å². The van der Waals surface area contributed by atoms with E-state index in [2.05, 4.69) is 6.07 Å². The smallest absolute Gasteiger partial charge is 0.339 e. The molecule has 3 aromatic carbocycles. The molecule has 0 N–H and O–H groups in total. The highest BCUT2D eigenvalue weighted by Crippen LogP contribution is 2.25. The van der Waals surface area contributed by atoms with Gasteiger partial charge in [0.25, 0.3) is 0 Å². The summed E-state index contributed by atoms with van der Waals surface area (Å²) >= 11 is 0. The van der Waals surface area contributed by atoms with Crippen LogP contribution in [-0.2, 0) is 10.1 Å². The van der Waals surface area contributed by atoms with Gasteiger partial charge in [-0.15, -0.1) is 0 Å². The molecule has 3 aromatic rings. The maximum Gasteiger partial charge on any atom is 0.339 e. The van der Waals surface area contributed by atoms with Gasteiger partial charge in [-0.05, 0) is 54.6 Å². The number of hydrogen-bond donors (Lipinski definition) is 0. The molecule has 0 aliphatic carbocycles. The number of rotatable bonds is 5. The molecule has 3 rings (SSSR count). The van der Waals surface area contributed by atoms with E-state index in [9.17, 15) is 8.42 Å². The van der Waals surface area contributed by atoms with E-state index in [1.165, 1.54) is 12.1 Å². The van der Waals surface area contributed by atoms with E-state index in [0.717, 1.165) is 0 Å². The minimum absolute atomic E-state index is 0.112. The number of hydrogen-bond acceptors (Lipinski definition) is 4. The fraction of sp³-hybridized carbons (Fsp3) is 0. The van der Waals surface area contributed by atoms with Crippen molar-refractivity contribution in [2.24, 2.45) is 0 Å². The van der Waals surface area contributed by atoms with Gasteiger partial charge in [0.1, 0.15) is 22.1 Å². The van der Waals surface area contributed by atoms with Crippen LogP contribution in [-0.4, -0.2) is 8.42 Å². The summed E-state index contributed by atoms with van der Waals surface area (Å²) in [5.41, 5.74) is 0. The molecule has 0 atom stereocenters. The Morgan fingerprint density at radius 1 is 0.696 bits per heavy atom. The normalized spacial score (nSPS) is 11.0. The Kier molecular flexibility index (Phi) is 4.30. The molecule has 0 bridgehead atoms. The summed E-state index contributed by atoms with van der Waals surface area (Å²) in [4.78, 5) is 0.112. The van der Waals surface area contributed by atoms with Gasteiger partial charge in [0.05, 0.1) is 0 Å². The summed E-state index contributed by atoms with van der Waals surface area (Å²) in [6.07, 6.45) is 0. The van der Waals surface area contributed by atoms with Crippen molar-refractivity contribution in [3.05, 3.63) is 84.9 Å². The maximum atomic E-state index is 12.1. The van der Waals surface area contributed by atoms with Crippen LogP contribution in [0.25, 0.3) is 0 Å². The monoisotopic (exact) mass is 325 g/mol. The fourth-order valence-electron chi connectivity index (χ4n) is 1.90. The van der Waals surface area contributed by atoms with Crippen LogP contribution < -0.4 is 8.92 Å². The quantitative estimate of drug-likeness (QED) is 0.664. The summed E-state index contributed by atoms with van der Waals surface area (Å²) in [5.74, 6) is 1.48. The molecule has 5 heteroatoms. The zero-order valence-electron chi connectivity index (χ0n) is 12.0. The molecule has 0 aliphatic rings. The van der Waals surface area contributed by atoms with E-state index in [0.29, 0.717) is 11.5 Å². The molecule has 23 heavy (non-hydrogen) atoms. The minimum atomic E-state index is -3.83. The van der Waals surface area contributed by atoms with Crippen molar-refractivity contribution >= 4 is 10.1 Å². The lowest BCUT2D eigenvalue weighted by molar-refractivity contribution is 0.474. The standard InChI is InChI=1S/C18H13O4S/c19-23(20,18-9-5-2-6-10-18)22-17-13-11-16(12-14-17)21-15-7-3-1-4-8-15/h2-14H. The lowest BCUT2D eigenvalue weighted by atomic mass is 10.3. The van der Waals surface area contributed by atoms with Crippen molar-refractivity contribution in [3.63, 3.8) is 0 Å². The lowest BCUT2D eigenvalue weighted by Crippen LogP contribution is -2.09. The number of ether oxygens (including phenoxy) is 1. The summed E-state index contributed by atoms with van der Waals surface area (Å²) in [6, 6.07) is 24.3. The average Bonchev–Trinajstić information content (AvgIpc) is 2.58. The van der Waals surface area contributed by atoms with Crippen LogP contribution in [0.2, 0.25) is 0 Å². The molecular weight excluding hydrogens is 312 g/mol. The number of benzene rings is 3. The molecule has 0 spiro atoms. The molecule has 0 fully saturated rings. The van der Waals surface area contributed by atoms with Gasteiger partial charge in [-0.2, -0.15) is 8.42 Å². The fourth-order valence-corrected chi connectivity index (χ4v) is 2.85. The Hall–Kier alpha value is -2.79. The SMILES string of the molecule is O=S(=O)(Oc1ccc(Oc2cc[c]cc2)cc1)c1ccccc1. The third-order valence-corrected chi connectivity index (χ3v) is 4.25. The molecule has 1 radical (unpaired) electrons. The van der Waals surface area contributed by atoms with Crippen molar-refractivity contribution in [2.45, 2.75) is 4.90 Å². The molecule has 0 unspecified atom stereocenters. The van der Waals surface area contributed by atoms with Crippen molar-refractivity contribution in [1.29, 1.82) is 0 Å². The molecule has 0 saturated carbocycles. The maximum absolute atomic E-state index is 12.1. The largest absolute Gasteiger partial charge is 0.457 e. The van der Waals surface area contributed by atoms with Gasteiger partial charge in [-0.3, -0.25) is 0 Å². The van der Waals surface area contributed by atoms with E-state index in [1.54, 1.807) is 66.7 Å². The Bertz CT molecular complexity index is 858. The highest BCUT2D eigenvalue weighted by Gasteiger charge is 2.15. The van der Waals surface area contributed by atoms with Crippen molar-refractivity contribution in [1.82, 2.24) is 0 Å². The molecule has 0 aliphatic heterocycles. The average molecular weight is 325 g/mol. The van der Waals surface area contributed by atoms with E-state index in [4.69, 9.17) is 8.92 Å². The summed E-state index contributed by atoms with van der Waals surface area (Å²) in [7, 11) is -3.83. The van der Waals surface area contributed by atoms with Gasteiger partial charge in [0.15, 0.2) is 0 Å². The van der Waals surface area contributed by atoms with Crippen LogP contribution >= 0.6 is 0 Å². The first-order valence-electron chi connectivity index (χ1n) is 6.87. The summed E-state index contributed by atoms with van der Waals surface area (Å²) < 4.78 is 35.0. The molecule has 115 valence electrons. The topological polar surface area (TPSA) is 52.6 Å². The Balaban J connectivity index is 1.73. The van der Waals surface area contributed by atoms with Crippen molar-refractivity contribution < 1.29 is 17.3 Å². The molecular formula is C18H13O4S. The van der Waals surface area contributed by atoms with E-state index < -0.39 is 10.1 Å². The van der Waals surface area contributed by atoms with Crippen LogP contribution in [0, 0.1) is 6.07 Å².